The SMILES string of the molecule is C[C@@H](c1cccc(OC(=O)C[C@H]2C[C@@H]2c2ccccc2)c1)N(C)C. The van der Waals surface area contributed by atoms with E-state index in [2.05, 4.69) is 42.2 Å². The number of carbonyl (C=O) groups excluding carboxylic acids is 1. The van der Waals surface area contributed by atoms with Gasteiger partial charge in [-0.05, 0) is 62.5 Å². The van der Waals surface area contributed by atoms with Crippen LogP contribution in [0.15, 0.2) is 54.6 Å². The van der Waals surface area contributed by atoms with E-state index in [9.17, 15) is 4.79 Å². The van der Waals surface area contributed by atoms with Crippen LogP contribution in [0, 0.1) is 5.92 Å². The van der Waals surface area contributed by atoms with Crippen LogP contribution in [0.5, 0.6) is 5.75 Å². The van der Waals surface area contributed by atoms with E-state index in [1.807, 2.05) is 38.4 Å². The Hall–Kier alpha value is -2.13. The fraction of sp³-hybridized carbons (Fsp3) is 0.381. The van der Waals surface area contributed by atoms with Crippen molar-refractivity contribution in [3.05, 3.63) is 65.7 Å². The van der Waals surface area contributed by atoms with Gasteiger partial charge in [-0.3, -0.25) is 4.79 Å². The number of benzene rings is 2. The van der Waals surface area contributed by atoms with E-state index in [0.717, 1.165) is 12.0 Å². The molecule has 3 nitrogen and oxygen atoms in total. The van der Waals surface area contributed by atoms with Crippen LogP contribution in [0.4, 0.5) is 0 Å². The summed E-state index contributed by atoms with van der Waals surface area (Å²) in [6, 6.07) is 18.5. The van der Waals surface area contributed by atoms with Crippen molar-refractivity contribution < 1.29 is 9.53 Å². The summed E-state index contributed by atoms with van der Waals surface area (Å²) in [4.78, 5) is 14.4. The van der Waals surface area contributed by atoms with Crippen molar-refractivity contribution in [1.82, 2.24) is 4.90 Å². The highest BCUT2D eigenvalue weighted by molar-refractivity contribution is 5.73. The second kappa shape index (κ2) is 7.18. The molecular weight excluding hydrogens is 298 g/mol. The number of nitrogens with zero attached hydrogens (tertiary/aromatic N) is 1. The first-order valence-corrected chi connectivity index (χ1v) is 8.56. The summed E-state index contributed by atoms with van der Waals surface area (Å²) in [6.07, 6.45) is 1.57. The third-order valence-corrected chi connectivity index (χ3v) is 4.93. The zero-order valence-corrected chi connectivity index (χ0v) is 14.6. The molecule has 24 heavy (non-hydrogen) atoms. The van der Waals surface area contributed by atoms with Crippen LogP contribution in [0.25, 0.3) is 0 Å². The zero-order chi connectivity index (χ0) is 17.1. The molecule has 0 aliphatic heterocycles. The van der Waals surface area contributed by atoms with E-state index in [4.69, 9.17) is 4.74 Å². The van der Waals surface area contributed by atoms with Gasteiger partial charge in [-0.1, -0.05) is 42.5 Å². The van der Waals surface area contributed by atoms with Crippen LogP contribution < -0.4 is 4.74 Å². The molecule has 126 valence electrons. The Bertz CT molecular complexity index is 696. The lowest BCUT2D eigenvalue weighted by molar-refractivity contribution is -0.134. The van der Waals surface area contributed by atoms with Crippen LogP contribution >= 0.6 is 0 Å². The Labute approximate surface area is 144 Å². The zero-order valence-electron chi connectivity index (χ0n) is 14.6. The topological polar surface area (TPSA) is 29.5 Å². The lowest BCUT2D eigenvalue weighted by Crippen LogP contribution is -2.17. The van der Waals surface area contributed by atoms with Crippen molar-refractivity contribution in [1.29, 1.82) is 0 Å². The molecule has 1 fully saturated rings. The molecule has 0 radical (unpaired) electrons. The molecule has 2 aromatic rings. The monoisotopic (exact) mass is 323 g/mol. The van der Waals surface area contributed by atoms with Gasteiger partial charge >= 0.3 is 5.97 Å². The van der Waals surface area contributed by atoms with Gasteiger partial charge in [-0.25, -0.2) is 0 Å². The summed E-state index contributed by atoms with van der Waals surface area (Å²) < 4.78 is 5.56. The third-order valence-electron chi connectivity index (χ3n) is 4.93. The predicted molar refractivity (Wildman–Crippen MR) is 96.1 cm³/mol. The highest BCUT2D eigenvalue weighted by atomic mass is 16.5. The van der Waals surface area contributed by atoms with Crippen molar-refractivity contribution >= 4 is 5.97 Å². The molecule has 0 unspecified atom stereocenters. The van der Waals surface area contributed by atoms with Gasteiger partial charge in [0.25, 0.3) is 0 Å². The van der Waals surface area contributed by atoms with E-state index in [1.54, 1.807) is 0 Å². The minimum absolute atomic E-state index is 0.131. The number of rotatable bonds is 6. The molecule has 1 saturated carbocycles. The molecular formula is C21H25NO2. The normalized spacial score (nSPS) is 20.7. The maximum atomic E-state index is 12.2. The summed E-state index contributed by atoms with van der Waals surface area (Å²) >= 11 is 0. The van der Waals surface area contributed by atoms with E-state index < -0.39 is 0 Å². The van der Waals surface area contributed by atoms with E-state index in [1.165, 1.54) is 5.56 Å². The quantitative estimate of drug-likeness (QED) is 0.582. The average Bonchev–Trinajstić information content (AvgIpc) is 3.34. The van der Waals surface area contributed by atoms with Crippen molar-refractivity contribution in [2.45, 2.75) is 31.7 Å². The Kier molecular flexibility index (Phi) is 5.00. The number of esters is 1. The van der Waals surface area contributed by atoms with Gasteiger partial charge in [0.1, 0.15) is 5.75 Å². The second-order valence-electron chi connectivity index (χ2n) is 6.90. The smallest absolute Gasteiger partial charge is 0.311 e. The molecule has 1 aliphatic carbocycles. The van der Waals surface area contributed by atoms with Gasteiger partial charge in [-0.15, -0.1) is 0 Å². The van der Waals surface area contributed by atoms with Crippen molar-refractivity contribution in [3.8, 4) is 5.75 Å². The van der Waals surface area contributed by atoms with Gasteiger partial charge in [0.2, 0.25) is 0 Å². The van der Waals surface area contributed by atoms with Crippen LogP contribution in [-0.2, 0) is 4.79 Å². The first-order chi connectivity index (χ1) is 11.5. The third kappa shape index (κ3) is 4.04. The summed E-state index contributed by atoms with van der Waals surface area (Å²) in [5, 5.41) is 0. The molecule has 0 heterocycles. The summed E-state index contributed by atoms with van der Waals surface area (Å²) in [5.41, 5.74) is 2.48. The maximum Gasteiger partial charge on any atom is 0.311 e. The fourth-order valence-electron chi connectivity index (χ4n) is 3.10. The van der Waals surface area contributed by atoms with Crippen molar-refractivity contribution in [2.24, 2.45) is 5.92 Å². The van der Waals surface area contributed by atoms with Crippen LogP contribution in [0.3, 0.4) is 0 Å². The number of carbonyl (C=O) groups is 1. The van der Waals surface area contributed by atoms with Gasteiger partial charge in [0.05, 0.1) is 0 Å². The standard InChI is InChI=1S/C21H25NO2/c1-15(22(2)3)17-10-7-11-19(12-17)24-21(23)14-18-13-20(18)16-8-5-4-6-9-16/h4-12,15,18,20H,13-14H2,1-3H3/t15-,18+,20+/m0/s1. The molecule has 3 rings (SSSR count). The lowest BCUT2D eigenvalue weighted by Gasteiger charge is -2.20. The molecule has 3 heteroatoms. The highest BCUT2D eigenvalue weighted by Crippen LogP contribution is 2.49. The van der Waals surface area contributed by atoms with Gasteiger partial charge in [0, 0.05) is 12.5 Å². The average molecular weight is 323 g/mol. The largest absolute Gasteiger partial charge is 0.427 e. The Morgan fingerprint density at radius 2 is 1.92 bits per heavy atom. The molecule has 3 atom stereocenters. The first-order valence-electron chi connectivity index (χ1n) is 8.56. The van der Waals surface area contributed by atoms with Crippen molar-refractivity contribution in [2.75, 3.05) is 14.1 Å². The lowest BCUT2D eigenvalue weighted by atomic mass is 10.1. The van der Waals surface area contributed by atoms with Crippen LogP contribution in [0.2, 0.25) is 0 Å². The van der Waals surface area contributed by atoms with Crippen LogP contribution in [-0.4, -0.2) is 25.0 Å². The van der Waals surface area contributed by atoms with Gasteiger partial charge < -0.3 is 9.64 Å². The summed E-state index contributed by atoms with van der Waals surface area (Å²) in [6.45, 7) is 2.13. The Balaban J connectivity index is 1.55. The molecule has 2 aromatic carbocycles. The van der Waals surface area contributed by atoms with E-state index >= 15 is 0 Å². The van der Waals surface area contributed by atoms with Gasteiger partial charge in [0.15, 0.2) is 0 Å². The fourth-order valence-corrected chi connectivity index (χ4v) is 3.10. The second-order valence-corrected chi connectivity index (χ2v) is 6.90. The molecule has 1 aliphatic rings. The van der Waals surface area contributed by atoms with Crippen molar-refractivity contribution in [3.63, 3.8) is 0 Å². The molecule has 0 bridgehead atoms. The molecule has 0 amide bonds. The molecule has 0 aromatic heterocycles. The maximum absolute atomic E-state index is 12.2. The number of ether oxygens (including phenoxy) is 1. The minimum Gasteiger partial charge on any atom is -0.427 e. The highest BCUT2D eigenvalue weighted by Gasteiger charge is 2.39. The number of hydrogen-bond donors (Lipinski definition) is 0. The Morgan fingerprint density at radius 3 is 2.62 bits per heavy atom. The summed E-state index contributed by atoms with van der Waals surface area (Å²) in [5.74, 6) is 1.44. The number of hydrogen-bond acceptors (Lipinski definition) is 3. The molecule has 0 spiro atoms. The van der Waals surface area contributed by atoms with E-state index in [0.29, 0.717) is 24.0 Å². The van der Waals surface area contributed by atoms with Crippen LogP contribution in [0.1, 0.15) is 42.9 Å². The molecule has 0 saturated heterocycles. The molecule has 0 N–H and O–H groups in total. The Morgan fingerprint density at radius 1 is 1.17 bits per heavy atom. The van der Waals surface area contributed by atoms with Gasteiger partial charge in [-0.2, -0.15) is 0 Å². The predicted octanol–water partition coefficient (Wildman–Crippen LogP) is 4.41. The first kappa shape index (κ1) is 16.7. The minimum atomic E-state index is -0.131. The van der Waals surface area contributed by atoms with E-state index in [-0.39, 0.29) is 12.0 Å². The summed E-state index contributed by atoms with van der Waals surface area (Å²) in [7, 11) is 4.08.